The van der Waals surface area contributed by atoms with Crippen molar-refractivity contribution in [3.05, 3.63) is 83.9 Å². The number of carbonyl (C=O) groups is 1. The first-order chi connectivity index (χ1) is 12.3. The van der Waals surface area contributed by atoms with Crippen LogP contribution >= 0.6 is 0 Å². The van der Waals surface area contributed by atoms with Crippen molar-refractivity contribution < 1.29 is 4.79 Å². The van der Waals surface area contributed by atoms with E-state index in [1.807, 2.05) is 24.8 Å². The second kappa shape index (κ2) is 6.93. The van der Waals surface area contributed by atoms with Gasteiger partial charge in [0.15, 0.2) is 0 Å². The van der Waals surface area contributed by atoms with Crippen LogP contribution < -0.4 is 5.32 Å². The maximum absolute atomic E-state index is 11.6. The van der Waals surface area contributed by atoms with Gasteiger partial charge in [-0.25, -0.2) is 4.98 Å². The molecule has 126 valence electrons. The third-order valence-corrected chi connectivity index (χ3v) is 4.81. The molecule has 25 heavy (non-hydrogen) atoms. The third kappa shape index (κ3) is 3.63. The Bertz CT molecular complexity index is 856. The molecule has 2 aromatic carbocycles. The average molecular weight is 331 g/mol. The summed E-state index contributed by atoms with van der Waals surface area (Å²) in [5.41, 5.74) is 4.84. The predicted molar refractivity (Wildman–Crippen MR) is 98.5 cm³/mol. The first-order valence-electron chi connectivity index (χ1n) is 8.70. The van der Waals surface area contributed by atoms with Crippen LogP contribution in [-0.2, 0) is 24.2 Å². The van der Waals surface area contributed by atoms with Gasteiger partial charge in [-0.2, -0.15) is 0 Å². The highest BCUT2D eigenvalue weighted by Crippen LogP contribution is 2.29. The molecular formula is C21H21N3O. The number of nitrogens with zero attached hydrogens (tertiary/aromatic N) is 2. The molecule has 4 rings (SSSR count). The zero-order valence-electron chi connectivity index (χ0n) is 14.1. The lowest BCUT2D eigenvalue weighted by Gasteiger charge is -2.22. The maximum Gasteiger partial charge on any atom is 0.224 e. The lowest BCUT2D eigenvalue weighted by molar-refractivity contribution is -0.116. The minimum absolute atomic E-state index is 0.111. The van der Waals surface area contributed by atoms with Crippen molar-refractivity contribution in [3.8, 4) is 0 Å². The molecule has 3 aromatic rings. The summed E-state index contributed by atoms with van der Waals surface area (Å²) in [7, 11) is 0. The Balaban J connectivity index is 1.64. The van der Waals surface area contributed by atoms with E-state index >= 15 is 0 Å². The summed E-state index contributed by atoms with van der Waals surface area (Å²) in [6, 6.07) is 17.1. The SMILES string of the molecule is O=C1CCc2cc(C(Cc3ccccc3)Cn3ccnc3)ccc2N1. The summed E-state index contributed by atoms with van der Waals surface area (Å²) in [4.78, 5) is 15.7. The minimum atomic E-state index is 0.111. The van der Waals surface area contributed by atoms with E-state index in [-0.39, 0.29) is 5.91 Å². The molecule has 1 atom stereocenters. The topological polar surface area (TPSA) is 46.9 Å². The zero-order chi connectivity index (χ0) is 17.1. The van der Waals surface area contributed by atoms with E-state index in [1.165, 1.54) is 16.7 Å². The van der Waals surface area contributed by atoms with Crippen molar-refractivity contribution >= 4 is 11.6 Å². The highest BCUT2D eigenvalue weighted by Gasteiger charge is 2.19. The van der Waals surface area contributed by atoms with E-state index < -0.39 is 0 Å². The average Bonchev–Trinajstić information content (AvgIpc) is 3.15. The second-order valence-electron chi connectivity index (χ2n) is 6.61. The van der Waals surface area contributed by atoms with Gasteiger partial charge in [-0.05, 0) is 35.6 Å². The number of hydrogen-bond acceptors (Lipinski definition) is 2. The molecule has 1 amide bonds. The summed E-state index contributed by atoms with van der Waals surface area (Å²) in [6.07, 6.45) is 8.07. The minimum Gasteiger partial charge on any atom is -0.337 e. The number of benzene rings is 2. The quantitative estimate of drug-likeness (QED) is 0.773. The van der Waals surface area contributed by atoms with E-state index in [4.69, 9.17) is 0 Å². The molecule has 1 aliphatic heterocycles. The Morgan fingerprint density at radius 1 is 1.12 bits per heavy atom. The van der Waals surface area contributed by atoms with Gasteiger partial charge in [-0.15, -0.1) is 0 Å². The fraction of sp³-hybridized carbons (Fsp3) is 0.238. The van der Waals surface area contributed by atoms with Crippen LogP contribution in [-0.4, -0.2) is 15.5 Å². The molecule has 1 N–H and O–H groups in total. The van der Waals surface area contributed by atoms with Crippen LogP contribution in [0.1, 0.15) is 29.0 Å². The monoisotopic (exact) mass is 331 g/mol. The molecule has 0 fully saturated rings. The number of aromatic nitrogens is 2. The summed E-state index contributed by atoms with van der Waals surface area (Å²) < 4.78 is 2.13. The van der Waals surface area contributed by atoms with Gasteiger partial charge in [0.25, 0.3) is 0 Å². The Labute approximate surface area is 147 Å². The van der Waals surface area contributed by atoms with Crippen molar-refractivity contribution in [2.45, 2.75) is 31.7 Å². The molecule has 0 saturated carbocycles. The van der Waals surface area contributed by atoms with Gasteiger partial charge in [-0.1, -0.05) is 42.5 Å². The predicted octanol–water partition coefficient (Wildman–Crippen LogP) is 3.79. The van der Waals surface area contributed by atoms with Gasteiger partial charge in [-0.3, -0.25) is 4.79 Å². The molecule has 4 heteroatoms. The number of carbonyl (C=O) groups excluding carboxylic acids is 1. The normalized spacial score (nSPS) is 14.6. The Morgan fingerprint density at radius 3 is 2.80 bits per heavy atom. The van der Waals surface area contributed by atoms with Crippen LogP contribution in [0.5, 0.6) is 0 Å². The molecular weight excluding hydrogens is 310 g/mol. The molecule has 0 spiro atoms. The van der Waals surface area contributed by atoms with E-state index in [9.17, 15) is 4.79 Å². The smallest absolute Gasteiger partial charge is 0.224 e. The standard InChI is InChI=1S/C21H21N3O/c25-21-9-7-18-13-17(6-8-20(18)23-21)19(14-24-11-10-22-15-24)12-16-4-2-1-3-5-16/h1-6,8,10-11,13,15,19H,7,9,12,14H2,(H,23,25). The fourth-order valence-electron chi connectivity index (χ4n) is 3.49. The summed E-state index contributed by atoms with van der Waals surface area (Å²) in [5, 5.41) is 2.97. The van der Waals surface area contributed by atoms with Crippen LogP contribution in [0.15, 0.2) is 67.3 Å². The summed E-state index contributed by atoms with van der Waals surface area (Å²) >= 11 is 0. The van der Waals surface area contributed by atoms with Gasteiger partial charge in [0.2, 0.25) is 5.91 Å². The molecule has 4 nitrogen and oxygen atoms in total. The highest BCUT2D eigenvalue weighted by molar-refractivity contribution is 5.93. The molecule has 0 radical (unpaired) electrons. The fourth-order valence-corrected chi connectivity index (χ4v) is 3.49. The molecule has 0 aliphatic carbocycles. The number of hydrogen-bond donors (Lipinski definition) is 1. The van der Waals surface area contributed by atoms with Crippen molar-refractivity contribution in [2.24, 2.45) is 0 Å². The van der Waals surface area contributed by atoms with Crippen molar-refractivity contribution in [1.82, 2.24) is 9.55 Å². The summed E-state index contributed by atoms with van der Waals surface area (Å²) in [5.74, 6) is 0.471. The molecule has 1 unspecified atom stereocenters. The lowest BCUT2D eigenvalue weighted by Crippen LogP contribution is -2.19. The summed E-state index contributed by atoms with van der Waals surface area (Å²) in [6.45, 7) is 0.889. The second-order valence-corrected chi connectivity index (χ2v) is 6.61. The maximum atomic E-state index is 11.6. The number of amides is 1. The van der Waals surface area contributed by atoms with Gasteiger partial charge in [0.05, 0.1) is 6.33 Å². The number of anilines is 1. The third-order valence-electron chi connectivity index (χ3n) is 4.81. The molecule has 1 aromatic heterocycles. The van der Waals surface area contributed by atoms with Crippen LogP contribution in [0.3, 0.4) is 0 Å². The van der Waals surface area contributed by atoms with Crippen molar-refractivity contribution in [2.75, 3.05) is 5.32 Å². The number of nitrogens with one attached hydrogen (secondary N) is 1. The van der Waals surface area contributed by atoms with Gasteiger partial charge < -0.3 is 9.88 Å². The van der Waals surface area contributed by atoms with Crippen LogP contribution in [0.4, 0.5) is 5.69 Å². The molecule has 0 bridgehead atoms. The first kappa shape index (κ1) is 15.6. The Kier molecular flexibility index (Phi) is 4.34. The molecule has 0 saturated heterocycles. The number of aryl methyl sites for hydroxylation is 1. The highest BCUT2D eigenvalue weighted by atomic mass is 16.1. The van der Waals surface area contributed by atoms with E-state index in [0.717, 1.165) is 25.1 Å². The number of rotatable bonds is 5. The Hall–Kier alpha value is -2.88. The Morgan fingerprint density at radius 2 is 2.00 bits per heavy atom. The van der Waals surface area contributed by atoms with Gasteiger partial charge in [0, 0.05) is 37.0 Å². The number of imidazole rings is 1. The van der Waals surface area contributed by atoms with E-state index in [1.54, 1.807) is 0 Å². The lowest BCUT2D eigenvalue weighted by atomic mass is 9.89. The van der Waals surface area contributed by atoms with Gasteiger partial charge >= 0.3 is 0 Å². The van der Waals surface area contributed by atoms with Crippen molar-refractivity contribution in [1.29, 1.82) is 0 Å². The number of fused-ring (bicyclic) bond motifs is 1. The molecule has 2 heterocycles. The van der Waals surface area contributed by atoms with Crippen molar-refractivity contribution in [3.63, 3.8) is 0 Å². The van der Waals surface area contributed by atoms with E-state index in [0.29, 0.717) is 12.3 Å². The van der Waals surface area contributed by atoms with Crippen LogP contribution in [0, 0.1) is 0 Å². The zero-order valence-corrected chi connectivity index (χ0v) is 14.1. The molecule has 1 aliphatic rings. The van der Waals surface area contributed by atoms with Crippen LogP contribution in [0.2, 0.25) is 0 Å². The first-order valence-corrected chi connectivity index (χ1v) is 8.70. The van der Waals surface area contributed by atoms with Crippen LogP contribution in [0.25, 0.3) is 0 Å². The van der Waals surface area contributed by atoms with Gasteiger partial charge in [0.1, 0.15) is 0 Å². The van der Waals surface area contributed by atoms with E-state index in [2.05, 4.69) is 57.3 Å². The largest absolute Gasteiger partial charge is 0.337 e.